The lowest BCUT2D eigenvalue weighted by molar-refractivity contribution is -0.384. The quantitative estimate of drug-likeness (QED) is 0.359. The minimum absolute atomic E-state index is 0.00350. The molecule has 0 saturated heterocycles. The van der Waals surface area contributed by atoms with Crippen molar-refractivity contribution in [2.45, 2.75) is 20.0 Å². The number of hydrogen-bond acceptors (Lipinski definition) is 7. The van der Waals surface area contributed by atoms with Crippen LogP contribution >= 0.6 is 11.6 Å². The normalized spacial score (nSPS) is 11.8. The molecule has 0 saturated carbocycles. The van der Waals surface area contributed by atoms with Gasteiger partial charge >= 0.3 is 5.97 Å². The molecule has 0 spiro atoms. The Labute approximate surface area is 158 Å². The van der Waals surface area contributed by atoms with Gasteiger partial charge in [-0.15, -0.1) is 10.2 Å². The summed E-state index contributed by atoms with van der Waals surface area (Å²) in [5.74, 6) is -0.352. The van der Waals surface area contributed by atoms with Gasteiger partial charge in [-0.2, -0.15) is 0 Å². The minimum atomic E-state index is -0.834. The summed E-state index contributed by atoms with van der Waals surface area (Å²) in [4.78, 5) is 22.5. The molecule has 8 nitrogen and oxygen atoms in total. The molecule has 0 fully saturated rings. The van der Waals surface area contributed by atoms with Crippen LogP contribution in [-0.4, -0.2) is 21.1 Å². The summed E-state index contributed by atoms with van der Waals surface area (Å²) in [6.45, 7) is 3.53. The predicted octanol–water partition coefficient (Wildman–Crippen LogP) is 4.52. The Balaban J connectivity index is 1.75. The monoisotopic (exact) mass is 387 g/mol. The number of aryl methyl sites for hydroxylation is 1. The van der Waals surface area contributed by atoms with Crippen LogP contribution in [0.4, 0.5) is 5.69 Å². The van der Waals surface area contributed by atoms with Gasteiger partial charge in [0.2, 0.25) is 5.89 Å². The van der Waals surface area contributed by atoms with E-state index in [0.717, 1.165) is 17.2 Å². The lowest BCUT2D eigenvalue weighted by atomic mass is 10.1. The van der Waals surface area contributed by atoms with Crippen LogP contribution in [0.3, 0.4) is 0 Å². The van der Waals surface area contributed by atoms with E-state index >= 15 is 0 Å². The van der Waals surface area contributed by atoms with Gasteiger partial charge in [0.1, 0.15) is 5.02 Å². The second-order valence-electron chi connectivity index (χ2n) is 5.78. The Hall–Kier alpha value is -3.26. The highest BCUT2D eigenvalue weighted by Crippen LogP contribution is 2.27. The van der Waals surface area contributed by atoms with Crippen molar-refractivity contribution in [1.82, 2.24) is 10.2 Å². The number of hydrogen-bond donors (Lipinski definition) is 0. The average molecular weight is 388 g/mol. The molecular weight excluding hydrogens is 374 g/mol. The first kappa shape index (κ1) is 18.5. The maximum atomic E-state index is 12.3. The number of carbonyl (C=O) groups excluding carboxylic acids is 1. The molecule has 0 bridgehead atoms. The first-order chi connectivity index (χ1) is 12.8. The summed E-state index contributed by atoms with van der Waals surface area (Å²) in [7, 11) is 0. The molecular formula is C18H14ClN3O5. The van der Waals surface area contributed by atoms with E-state index in [0.29, 0.717) is 5.89 Å². The van der Waals surface area contributed by atoms with Crippen LogP contribution in [0.5, 0.6) is 0 Å². The lowest BCUT2D eigenvalue weighted by Gasteiger charge is -2.09. The van der Waals surface area contributed by atoms with E-state index in [9.17, 15) is 14.9 Å². The van der Waals surface area contributed by atoms with Gasteiger partial charge in [0.15, 0.2) is 6.10 Å². The molecule has 1 aromatic heterocycles. The third kappa shape index (κ3) is 4.12. The molecule has 27 heavy (non-hydrogen) atoms. The van der Waals surface area contributed by atoms with Crippen molar-refractivity contribution in [2.75, 3.05) is 0 Å². The summed E-state index contributed by atoms with van der Waals surface area (Å²) in [5.41, 5.74) is 1.46. The van der Waals surface area contributed by atoms with E-state index in [2.05, 4.69) is 10.2 Å². The van der Waals surface area contributed by atoms with Gasteiger partial charge in [-0.05, 0) is 38.1 Å². The molecule has 2 aromatic carbocycles. The standard InChI is InChI=1S/C18H14ClN3O5/c1-10-3-5-12(6-4-10)17-21-20-16(27-17)11(2)26-18(23)13-7-8-14(19)15(9-13)22(24)25/h3-9,11H,1-2H3/t11-/m0/s1. The Kier molecular flexibility index (Phi) is 5.18. The van der Waals surface area contributed by atoms with E-state index in [1.165, 1.54) is 12.1 Å². The highest BCUT2D eigenvalue weighted by molar-refractivity contribution is 6.32. The topological polar surface area (TPSA) is 108 Å². The molecule has 9 heteroatoms. The zero-order chi connectivity index (χ0) is 19.6. The number of rotatable bonds is 5. The van der Waals surface area contributed by atoms with Crippen molar-refractivity contribution in [3.8, 4) is 11.5 Å². The summed E-state index contributed by atoms with van der Waals surface area (Å²) in [6.07, 6.45) is -0.834. The van der Waals surface area contributed by atoms with Crippen molar-refractivity contribution in [3.63, 3.8) is 0 Å². The molecule has 0 radical (unpaired) electrons. The molecule has 3 aromatic rings. The SMILES string of the molecule is Cc1ccc(-c2nnc([C@H](C)OC(=O)c3ccc(Cl)c([N+](=O)[O-])c3)o2)cc1. The van der Waals surface area contributed by atoms with Crippen LogP contribution in [0.1, 0.15) is 34.8 Å². The summed E-state index contributed by atoms with van der Waals surface area (Å²) in [5, 5.41) is 18.7. The summed E-state index contributed by atoms with van der Waals surface area (Å²) >= 11 is 5.74. The van der Waals surface area contributed by atoms with Crippen molar-refractivity contribution in [1.29, 1.82) is 0 Å². The third-order valence-corrected chi connectivity index (χ3v) is 4.07. The van der Waals surface area contributed by atoms with Crippen molar-refractivity contribution in [3.05, 3.63) is 74.6 Å². The molecule has 0 aliphatic heterocycles. The van der Waals surface area contributed by atoms with Gasteiger partial charge in [0.05, 0.1) is 10.5 Å². The fraction of sp³-hybridized carbons (Fsp3) is 0.167. The van der Waals surface area contributed by atoms with E-state index in [-0.39, 0.29) is 22.2 Å². The van der Waals surface area contributed by atoms with E-state index in [1.807, 2.05) is 31.2 Å². The number of carbonyl (C=O) groups is 1. The molecule has 1 atom stereocenters. The van der Waals surface area contributed by atoms with Gasteiger partial charge in [0.25, 0.3) is 11.6 Å². The summed E-state index contributed by atoms with van der Waals surface area (Å²) < 4.78 is 10.8. The zero-order valence-electron chi connectivity index (χ0n) is 14.4. The van der Waals surface area contributed by atoms with Crippen LogP contribution in [0.25, 0.3) is 11.5 Å². The summed E-state index contributed by atoms with van der Waals surface area (Å²) in [6, 6.07) is 11.2. The maximum absolute atomic E-state index is 12.3. The fourth-order valence-electron chi connectivity index (χ4n) is 2.27. The van der Waals surface area contributed by atoms with Crippen molar-refractivity contribution in [2.24, 2.45) is 0 Å². The number of halogens is 1. The smallest absolute Gasteiger partial charge is 0.339 e. The Morgan fingerprint density at radius 2 is 1.93 bits per heavy atom. The van der Waals surface area contributed by atoms with Gasteiger partial charge < -0.3 is 9.15 Å². The number of nitro groups is 1. The van der Waals surface area contributed by atoms with Gasteiger partial charge in [-0.25, -0.2) is 4.79 Å². The van der Waals surface area contributed by atoms with Crippen molar-refractivity contribution < 1.29 is 18.9 Å². The minimum Gasteiger partial charge on any atom is -0.449 e. The molecule has 138 valence electrons. The number of ether oxygens (including phenoxy) is 1. The molecule has 0 N–H and O–H groups in total. The van der Waals surface area contributed by atoms with E-state index in [1.54, 1.807) is 6.92 Å². The van der Waals surface area contributed by atoms with E-state index < -0.39 is 17.0 Å². The van der Waals surface area contributed by atoms with Crippen LogP contribution < -0.4 is 0 Å². The fourth-order valence-corrected chi connectivity index (χ4v) is 2.46. The predicted molar refractivity (Wildman–Crippen MR) is 96.4 cm³/mol. The second kappa shape index (κ2) is 7.55. The zero-order valence-corrected chi connectivity index (χ0v) is 15.1. The Morgan fingerprint density at radius 3 is 2.59 bits per heavy atom. The number of nitrogens with zero attached hydrogens (tertiary/aromatic N) is 3. The first-order valence-electron chi connectivity index (χ1n) is 7.90. The molecule has 0 aliphatic rings. The molecule has 3 rings (SSSR count). The number of benzene rings is 2. The van der Waals surface area contributed by atoms with Crippen LogP contribution in [0.2, 0.25) is 5.02 Å². The molecule has 0 amide bonds. The molecule has 1 heterocycles. The molecule has 0 unspecified atom stereocenters. The molecule has 0 aliphatic carbocycles. The number of nitro benzene ring substituents is 1. The van der Waals surface area contributed by atoms with Crippen LogP contribution in [-0.2, 0) is 4.74 Å². The van der Waals surface area contributed by atoms with Gasteiger partial charge in [-0.3, -0.25) is 10.1 Å². The second-order valence-corrected chi connectivity index (χ2v) is 6.19. The highest BCUT2D eigenvalue weighted by atomic mass is 35.5. The first-order valence-corrected chi connectivity index (χ1v) is 8.28. The third-order valence-electron chi connectivity index (χ3n) is 3.75. The average Bonchev–Trinajstić information content (AvgIpc) is 3.12. The number of esters is 1. The van der Waals surface area contributed by atoms with Crippen molar-refractivity contribution >= 4 is 23.3 Å². The van der Waals surface area contributed by atoms with Crippen LogP contribution in [0.15, 0.2) is 46.9 Å². The lowest BCUT2D eigenvalue weighted by Crippen LogP contribution is -2.10. The Morgan fingerprint density at radius 1 is 1.22 bits per heavy atom. The Bertz CT molecular complexity index is 1000. The highest BCUT2D eigenvalue weighted by Gasteiger charge is 2.22. The van der Waals surface area contributed by atoms with Crippen LogP contribution in [0, 0.1) is 17.0 Å². The van der Waals surface area contributed by atoms with E-state index in [4.69, 9.17) is 20.8 Å². The number of aromatic nitrogens is 2. The largest absolute Gasteiger partial charge is 0.449 e. The maximum Gasteiger partial charge on any atom is 0.339 e. The van der Waals surface area contributed by atoms with Gasteiger partial charge in [0, 0.05) is 11.6 Å². The van der Waals surface area contributed by atoms with Gasteiger partial charge in [-0.1, -0.05) is 29.3 Å².